The highest BCUT2D eigenvalue weighted by molar-refractivity contribution is 6.01. The van der Waals surface area contributed by atoms with Crippen LogP contribution in [0.15, 0.2) is 24.3 Å². The number of amides is 3. The number of ether oxygens (including phenoxy) is 1. The van der Waals surface area contributed by atoms with Crippen LogP contribution in [0.5, 0.6) is 0 Å². The molecule has 0 saturated carbocycles. The van der Waals surface area contributed by atoms with Crippen molar-refractivity contribution in [3.63, 3.8) is 0 Å². The lowest BCUT2D eigenvalue weighted by molar-refractivity contribution is -0.145. The van der Waals surface area contributed by atoms with Gasteiger partial charge in [-0.15, -0.1) is 0 Å². The lowest BCUT2D eigenvalue weighted by Gasteiger charge is -2.15. The number of nitrogens with zero attached hydrogens (tertiary/aromatic N) is 1. The number of hydrogen-bond acceptors (Lipinski definition) is 5. The maximum atomic E-state index is 12.1. The molecule has 1 fully saturated rings. The molecule has 24 heavy (non-hydrogen) atoms. The average molecular weight is 332 g/mol. The third-order valence-electron chi connectivity index (χ3n) is 3.70. The summed E-state index contributed by atoms with van der Waals surface area (Å²) in [6.45, 7) is 3.70. The van der Waals surface area contributed by atoms with Gasteiger partial charge in [-0.1, -0.05) is 12.1 Å². The molecule has 0 bridgehead atoms. The molecule has 3 amide bonds. The second-order valence-electron chi connectivity index (χ2n) is 5.52. The van der Waals surface area contributed by atoms with Gasteiger partial charge < -0.3 is 10.1 Å². The number of likely N-dealkylation sites (tertiary alicyclic amines) is 1. The molecule has 0 radical (unpaired) electrons. The van der Waals surface area contributed by atoms with E-state index in [-0.39, 0.29) is 37.8 Å². The molecule has 0 aromatic heterocycles. The maximum Gasteiger partial charge on any atom is 0.328 e. The Balaban J connectivity index is 1.96. The molecular weight excluding hydrogens is 312 g/mol. The van der Waals surface area contributed by atoms with E-state index in [1.807, 2.05) is 0 Å². The van der Waals surface area contributed by atoms with E-state index < -0.39 is 17.9 Å². The van der Waals surface area contributed by atoms with Crippen molar-refractivity contribution in [2.75, 3.05) is 6.61 Å². The van der Waals surface area contributed by atoms with Gasteiger partial charge in [0.2, 0.25) is 11.8 Å². The van der Waals surface area contributed by atoms with Crippen LogP contribution in [0.4, 0.5) is 0 Å². The molecule has 0 spiro atoms. The highest BCUT2D eigenvalue weighted by Gasteiger charge is 2.28. The second-order valence-corrected chi connectivity index (χ2v) is 5.52. The Bertz CT molecular complexity index is 637. The van der Waals surface area contributed by atoms with Crippen LogP contribution in [0.1, 0.15) is 42.6 Å². The zero-order valence-corrected chi connectivity index (χ0v) is 13.7. The Morgan fingerprint density at radius 1 is 1.17 bits per heavy atom. The van der Waals surface area contributed by atoms with Crippen LogP contribution in [0, 0.1) is 0 Å². The first-order chi connectivity index (χ1) is 11.4. The van der Waals surface area contributed by atoms with Crippen molar-refractivity contribution in [2.45, 2.75) is 39.3 Å². The number of esters is 1. The first-order valence-corrected chi connectivity index (χ1v) is 7.82. The van der Waals surface area contributed by atoms with E-state index in [1.165, 1.54) is 4.90 Å². The summed E-state index contributed by atoms with van der Waals surface area (Å²) in [4.78, 5) is 48.0. The molecular formula is C17H20N2O5. The van der Waals surface area contributed by atoms with Crippen LogP contribution < -0.4 is 5.32 Å². The number of hydrogen-bond donors (Lipinski definition) is 1. The van der Waals surface area contributed by atoms with Gasteiger partial charge in [-0.25, -0.2) is 4.79 Å². The fraction of sp³-hybridized carbons (Fsp3) is 0.412. The number of nitrogens with one attached hydrogen (secondary N) is 1. The van der Waals surface area contributed by atoms with Crippen molar-refractivity contribution in [2.24, 2.45) is 0 Å². The third-order valence-corrected chi connectivity index (χ3v) is 3.70. The summed E-state index contributed by atoms with van der Waals surface area (Å²) in [5, 5.41) is 2.56. The van der Waals surface area contributed by atoms with Crippen LogP contribution in [-0.4, -0.2) is 41.2 Å². The van der Waals surface area contributed by atoms with Crippen molar-refractivity contribution in [3.8, 4) is 0 Å². The SMILES string of the molecule is CCOC(=O)C(C)NC(=O)c1ccc(CN2C(=O)CCC2=O)cc1. The summed E-state index contributed by atoms with van der Waals surface area (Å²) in [5.74, 6) is -1.24. The molecule has 1 aliphatic heterocycles. The first kappa shape index (κ1) is 17.7. The van der Waals surface area contributed by atoms with Gasteiger partial charge >= 0.3 is 5.97 Å². The van der Waals surface area contributed by atoms with E-state index in [0.29, 0.717) is 5.56 Å². The smallest absolute Gasteiger partial charge is 0.328 e. The van der Waals surface area contributed by atoms with Crippen molar-refractivity contribution < 1.29 is 23.9 Å². The first-order valence-electron chi connectivity index (χ1n) is 7.82. The van der Waals surface area contributed by atoms with E-state index >= 15 is 0 Å². The van der Waals surface area contributed by atoms with Gasteiger partial charge in [0, 0.05) is 18.4 Å². The Morgan fingerprint density at radius 2 is 1.75 bits per heavy atom. The molecule has 128 valence electrons. The van der Waals surface area contributed by atoms with Gasteiger partial charge in [0.15, 0.2) is 0 Å². The highest BCUT2D eigenvalue weighted by Crippen LogP contribution is 2.16. The molecule has 1 aromatic carbocycles. The molecule has 1 heterocycles. The number of carbonyl (C=O) groups is 4. The molecule has 7 heteroatoms. The predicted octanol–water partition coefficient (Wildman–Crippen LogP) is 1.02. The molecule has 7 nitrogen and oxygen atoms in total. The van der Waals surface area contributed by atoms with Crippen molar-refractivity contribution in [1.29, 1.82) is 0 Å². The van der Waals surface area contributed by atoms with E-state index in [4.69, 9.17) is 4.74 Å². The van der Waals surface area contributed by atoms with Crippen LogP contribution in [0.2, 0.25) is 0 Å². The van der Waals surface area contributed by atoms with Gasteiger partial charge in [-0.3, -0.25) is 19.3 Å². The van der Waals surface area contributed by atoms with Gasteiger partial charge in [0.1, 0.15) is 6.04 Å². The highest BCUT2D eigenvalue weighted by atomic mass is 16.5. The van der Waals surface area contributed by atoms with Crippen LogP contribution in [0.3, 0.4) is 0 Å². The summed E-state index contributed by atoms with van der Waals surface area (Å²) in [5.41, 5.74) is 1.14. The summed E-state index contributed by atoms with van der Waals surface area (Å²) < 4.78 is 4.83. The molecule has 0 aliphatic carbocycles. The van der Waals surface area contributed by atoms with Crippen molar-refractivity contribution in [1.82, 2.24) is 10.2 Å². The van der Waals surface area contributed by atoms with E-state index in [1.54, 1.807) is 38.1 Å². The normalized spacial score (nSPS) is 15.3. The Kier molecular flexibility index (Phi) is 5.68. The molecule has 1 unspecified atom stereocenters. The third kappa shape index (κ3) is 4.18. The second kappa shape index (κ2) is 7.72. The fourth-order valence-corrected chi connectivity index (χ4v) is 2.35. The largest absolute Gasteiger partial charge is 0.464 e. The zero-order valence-electron chi connectivity index (χ0n) is 13.7. The van der Waals surface area contributed by atoms with Gasteiger partial charge in [0.25, 0.3) is 5.91 Å². The van der Waals surface area contributed by atoms with E-state index in [9.17, 15) is 19.2 Å². The number of carbonyl (C=O) groups excluding carboxylic acids is 4. The Labute approximate surface area is 140 Å². The molecule has 1 aromatic rings. The predicted molar refractivity (Wildman–Crippen MR) is 84.8 cm³/mol. The average Bonchev–Trinajstić information content (AvgIpc) is 2.87. The van der Waals surface area contributed by atoms with Crippen molar-refractivity contribution in [3.05, 3.63) is 35.4 Å². The van der Waals surface area contributed by atoms with Gasteiger partial charge in [-0.05, 0) is 31.5 Å². The minimum Gasteiger partial charge on any atom is -0.464 e. The number of rotatable bonds is 6. The molecule has 1 atom stereocenters. The summed E-state index contributed by atoms with van der Waals surface area (Å²) >= 11 is 0. The van der Waals surface area contributed by atoms with Crippen LogP contribution in [-0.2, 0) is 25.7 Å². The van der Waals surface area contributed by atoms with Gasteiger partial charge in [0.05, 0.1) is 13.2 Å². The molecule has 2 rings (SSSR count). The molecule has 1 aliphatic rings. The number of imide groups is 1. The lowest BCUT2D eigenvalue weighted by atomic mass is 10.1. The minimum absolute atomic E-state index is 0.176. The minimum atomic E-state index is -0.739. The van der Waals surface area contributed by atoms with Crippen LogP contribution in [0.25, 0.3) is 0 Å². The topological polar surface area (TPSA) is 92.8 Å². The van der Waals surface area contributed by atoms with Crippen LogP contribution >= 0.6 is 0 Å². The molecule has 1 N–H and O–H groups in total. The molecule has 1 saturated heterocycles. The zero-order chi connectivity index (χ0) is 17.7. The standard InChI is InChI=1S/C17H20N2O5/c1-3-24-17(23)11(2)18-16(22)13-6-4-12(5-7-13)10-19-14(20)8-9-15(19)21/h4-7,11H,3,8-10H2,1-2H3,(H,18,22). The Morgan fingerprint density at radius 3 is 2.29 bits per heavy atom. The lowest BCUT2D eigenvalue weighted by Crippen LogP contribution is -2.39. The maximum absolute atomic E-state index is 12.1. The summed E-state index contributed by atoms with van der Waals surface area (Å²) in [7, 11) is 0. The quantitative estimate of drug-likeness (QED) is 0.620. The van der Waals surface area contributed by atoms with E-state index in [0.717, 1.165) is 5.56 Å². The van der Waals surface area contributed by atoms with Crippen molar-refractivity contribution >= 4 is 23.7 Å². The fourth-order valence-electron chi connectivity index (χ4n) is 2.35. The summed E-state index contributed by atoms with van der Waals surface area (Å²) in [6, 6.07) is 5.81. The summed E-state index contributed by atoms with van der Waals surface area (Å²) in [6.07, 6.45) is 0.510. The Hall–Kier alpha value is -2.70. The van der Waals surface area contributed by atoms with E-state index in [2.05, 4.69) is 5.32 Å². The monoisotopic (exact) mass is 332 g/mol. The number of benzene rings is 1. The van der Waals surface area contributed by atoms with Gasteiger partial charge in [-0.2, -0.15) is 0 Å².